The van der Waals surface area contributed by atoms with Gasteiger partial charge in [0, 0.05) is 17.0 Å². The highest BCUT2D eigenvalue weighted by atomic mass is 32.1. The van der Waals surface area contributed by atoms with Gasteiger partial charge in [-0.1, -0.05) is 0 Å². The largest absolute Gasteiger partial charge is 0.394 e. The van der Waals surface area contributed by atoms with Gasteiger partial charge in [-0.2, -0.15) is 0 Å². The van der Waals surface area contributed by atoms with Crippen molar-refractivity contribution in [2.24, 2.45) is 0 Å². The monoisotopic (exact) mass is 200 g/mol. The molecule has 3 nitrogen and oxygen atoms in total. The van der Waals surface area contributed by atoms with Crippen molar-refractivity contribution in [2.45, 2.75) is 32.9 Å². The Morgan fingerprint density at radius 2 is 2.31 bits per heavy atom. The van der Waals surface area contributed by atoms with E-state index >= 15 is 0 Å². The van der Waals surface area contributed by atoms with Crippen LogP contribution in [0.4, 0.5) is 0 Å². The van der Waals surface area contributed by atoms with Crippen LogP contribution in [0.1, 0.15) is 24.4 Å². The number of aliphatic hydroxyl groups excluding tert-OH is 1. The molecule has 0 aliphatic carbocycles. The van der Waals surface area contributed by atoms with Crippen LogP contribution in [-0.2, 0) is 6.54 Å². The minimum atomic E-state index is -0.212. The number of hydrogen-bond acceptors (Lipinski definition) is 4. The molecule has 0 saturated heterocycles. The Morgan fingerprint density at radius 1 is 1.62 bits per heavy atom. The summed E-state index contributed by atoms with van der Waals surface area (Å²) in [7, 11) is 0. The molecule has 74 valence electrons. The van der Waals surface area contributed by atoms with E-state index in [9.17, 15) is 0 Å². The molecule has 0 radical (unpaired) electrons. The summed E-state index contributed by atoms with van der Waals surface area (Å²) in [4.78, 5) is 5.40. The molecule has 0 fully saturated rings. The number of aromatic nitrogens is 1. The molecule has 1 aromatic rings. The number of hydrogen-bond donors (Lipinski definition) is 2. The van der Waals surface area contributed by atoms with Gasteiger partial charge >= 0.3 is 0 Å². The number of aliphatic hydroxyl groups is 1. The van der Waals surface area contributed by atoms with Crippen LogP contribution in [0.3, 0.4) is 0 Å². The summed E-state index contributed by atoms with van der Waals surface area (Å²) in [6, 6.07) is 0. The summed E-state index contributed by atoms with van der Waals surface area (Å²) >= 11 is 1.65. The van der Waals surface area contributed by atoms with Crippen LogP contribution < -0.4 is 5.32 Å². The van der Waals surface area contributed by atoms with Crippen molar-refractivity contribution >= 4 is 11.3 Å². The maximum Gasteiger partial charge on any atom is 0.0798 e. The molecule has 2 N–H and O–H groups in total. The van der Waals surface area contributed by atoms with E-state index in [0.717, 1.165) is 12.2 Å². The Hall–Kier alpha value is -0.450. The molecule has 0 aliphatic heterocycles. The highest BCUT2D eigenvalue weighted by Gasteiger charge is 2.15. The van der Waals surface area contributed by atoms with Gasteiger partial charge < -0.3 is 10.4 Å². The third-order valence-corrected chi connectivity index (χ3v) is 2.90. The van der Waals surface area contributed by atoms with Crippen molar-refractivity contribution in [1.82, 2.24) is 10.3 Å². The Bertz CT molecular complexity index is 270. The van der Waals surface area contributed by atoms with Crippen molar-refractivity contribution in [1.29, 1.82) is 0 Å². The molecule has 13 heavy (non-hydrogen) atoms. The maximum absolute atomic E-state index is 9.02. The smallest absolute Gasteiger partial charge is 0.0798 e. The quantitative estimate of drug-likeness (QED) is 0.770. The van der Waals surface area contributed by atoms with Gasteiger partial charge in [0.25, 0.3) is 0 Å². The minimum Gasteiger partial charge on any atom is -0.394 e. The predicted molar refractivity (Wildman–Crippen MR) is 54.9 cm³/mol. The SMILES string of the molecule is Cc1ncsc1CNC(C)(C)CO. The minimum absolute atomic E-state index is 0.144. The first-order chi connectivity index (χ1) is 6.05. The zero-order chi connectivity index (χ0) is 9.90. The maximum atomic E-state index is 9.02. The van der Waals surface area contributed by atoms with E-state index < -0.39 is 0 Å². The number of thiazole rings is 1. The lowest BCUT2D eigenvalue weighted by molar-refractivity contribution is 0.187. The molecule has 0 unspecified atom stereocenters. The molecule has 1 rings (SSSR count). The summed E-state index contributed by atoms with van der Waals surface area (Å²) in [6.07, 6.45) is 0. The highest BCUT2D eigenvalue weighted by Crippen LogP contribution is 2.13. The summed E-state index contributed by atoms with van der Waals surface area (Å²) in [5, 5.41) is 12.3. The molecule has 0 saturated carbocycles. The molecule has 1 aromatic heterocycles. The third-order valence-electron chi connectivity index (χ3n) is 1.97. The number of aryl methyl sites for hydroxylation is 1. The Morgan fingerprint density at radius 3 is 2.77 bits per heavy atom. The van der Waals surface area contributed by atoms with E-state index in [1.807, 2.05) is 26.3 Å². The molecule has 0 aliphatic rings. The standard InChI is InChI=1S/C9H16N2OS/c1-7-8(13-6-10-7)4-11-9(2,3)5-12/h6,11-12H,4-5H2,1-3H3. The van der Waals surface area contributed by atoms with Gasteiger partial charge in [-0.05, 0) is 20.8 Å². The zero-order valence-corrected chi connectivity index (χ0v) is 9.11. The topological polar surface area (TPSA) is 45.2 Å². The van der Waals surface area contributed by atoms with E-state index in [1.54, 1.807) is 11.3 Å². The van der Waals surface area contributed by atoms with Gasteiger partial charge in [-0.15, -0.1) is 11.3 Å². The molecule has 0 spiro atoms. The molecule has 0 amide bonds. The van der Waals surface area contributed by atoms with Gasteiger partial charge in [0.1, 0.15) is 0 Å². The number of nitrogens with one attached hydrogen (secondary N) is 1. The fraction of sp³-hybridized carbons (Fsp3) is 0.667. The third kappa shape index (κ3) is 3.06. The first kappa shape index (κ1) is 10.6. The molecular formula is C9H16N2OS. The van der Waals surface area contributed by atoms with Crippen LogP contribution in [0, 0.1) is 6.92 Å². The van der Waals surface area contributed by atoms with E-state index in [-0.39, 0.29) is 12.1 Å². The lowest BCUT2D eigenvalue weighted by Crippen LogP contribution is -2.41. The molecule has 0 aromatic carbocycles. The Kier molecular flexibility index (Phi) is 3.41. The fourth-order valence-corrected chi connectivity index (χ4v) is 1.59. The van der Waals surface area contributed by atoms with Crippen molar-refractivity contribution in [3.05, 3.63) is 16.1 Å². The van der Waals surface area contributed by atoms with Gasteiger partial charge in [0.15, 0.2) is 0 Å². The second kappa shape index (κ2) is 4.17. The van der Waals surface area contributed by atoms with Gasteiger partial charge in [0.2, 0.25) is 0 Å². The number of nitrogens with zero attached hydrogens (tertiary/aromatic N) is 1. The first-order valence-electron chi connectivity index (χ1n) is 4.30. The van der Waals surface area contributed by atoms with Crippen molar-refractivity contribution in [3.63, 3.8) is 0 Å². The summed E-state index contributed by atoms with van der Waals surface area (Å²) < 4.78 is 0. The zero-order valence-electron chi connectivity index (χ0n) is 8.29. The van der Waals surface area contributed by atoms with Crippen LogP contribution in [0.25, 0.3) is 0 Å². The van der Waals surface area contributed by atoms with Gasteiger partial charge in [0.05, 0.1) is 17.8 Å². The van der Waals surface area contributed by atoms with Crippen molar-refractivity contribution in [3.8, 4) is 0 Å². The second-order valence-corrected chi connectivity index (χ2v) is 4.70. The van der Waals surface area contributed by atoms with Crippen LogP contribution in [0.15, 0.2) is 5.51 Å². The van der Waals surface area contributed by atoms with Crippen LogP contribution in [-0.4, -0.2) is 22.2 Å². The average Bonchev–Trinajstić information content (AvgIpc) is 2.48. The van der Waals surface area contributed by atoms with E-state index in [1.165, 1.54) is 4.88 Å². The van der Waals surface area contributed by atoms with E-state index in [4.69, 9.17) is 5.11 Å². The van der Waals surface area contributed by atoms with E-state index in [2.05, 4.69) is 10.3 Å². The van der Waals surface area contributed by atoms with Crippen molar-refractivity contribution < 1.29 is 5.11 Å². The Labute approximate surface area is 82.8 Å². The molecule has 0 atom stereocenters. The van der Waals surface area contributed by atoms with E-state index in [0.29, 0.717) is 0 Å². The van der Waals surface area contributed by atoms with Crippen LogP contribution in [0.2, 0.25) is 0 Å². The molecular weight excluding hydrogens is 184 g/mol. The average molecular weight is 200 g/mol. The second-order valence-electron chi connectivity index (χ2n) is 3.76. The fourth-order valence-electron chi connectivity index (χ4n) is 0.871. The molecule has 0 bridgehead atoms. The predicted octanol–water partition coefficient (Wildman–Crippen LogP) is 1.31. The molecule has 4 heteroatoms. The van der Waals surface area contributed by atoms with Crippen LogP contribution >= 0.6 is 11.3 Å². The summed E-state index contributed by atoms with van der Waals surface area (Å²) in [6.45, 7) is 6.88. The lowest BCUT2D eigenvalue weighted by atomic mass is 10.1. The molecule has 1 heterocycles. The Balaban J connectivity index is 2.48. The van der Waals surface area contributed by atoms with Gasteiger partial charge in [-0.25, -0.2) is 4.98 Å². The van der Waals surface area contributed by atoms with Gasteiger partial charge in [-0.3, -0.25) is 0 Å². The number of rotatable bonds is 4. The lowest BCUT2D eigenvalue weighted by Gasteiger charge is -2.23. The summed E-state index contributed by atoms with van der Waals surface area (Å²) in [5.74, 6) is 0. The van der Waals surface area contributed by atoms with Crippen LogP contribution in [0.5, 0.6) is 0 Å². The first-order valence-corrected chi connectivity index (χ1v) is 5.18. The normalized spacial score (nSPS) is 12.0. The van der Waals surface area contributed by atoms with Crippen molar-refractivity contribution in [2.75, 3.05) is 6.61 Å². The summed E-state index contributed by atoms with van der Waals surface area (Å²) in [5.41, 5.74) is 2.71. The highest BCUT2D eigenvalue weighted by molar-refractivity contribution is 7.09.